The Bertz CT molecular complexity index is 1150. The highest BCUT2D eigenvalue weighted by Gasteiger charge is 2.83. The number of primary amides is 1. The van der Waals surface area contributed by atoms with Crippen molar-refractivity contribution in [1.29, 1.82) is 0 Å². The highest BCUT2D eigenvalue weighted by Crippen LogP contribution is 2.73. The lowest BCUT2D eigenvalue weighted by atomic mass is 9.40. The summed E-state index contributed by atoms with van der Waals surface area (Å²) >= 11 is 0. The van der Waals surface area contributed by atoms with E-state index >= 15 is 0 Å². The van der Waals surface area contributed by atoms with E-state index in [1.54, 1.807) is 13.0 Å². The van der Waals surface area contributed by atoms with Crippen LogP contribution in [-0.4, -0.2) is 42.3 Å². The van der Waals surface area contributed by atoms with E-state index in [0.717, 1.165) is 44.1 Å². The van der Waals surface area contributed by atoms with Crippen molar-refractivity contribution in [3.63, 3.8) is 0 Å². The number of ketones is 2. The summed E-state index contributed by atoms with van der Waals surface area (Å²) in [4.78, 5) is 52.3. The second-order valence-electron chi connectivity index (χ2n) is 16.0. The molecule has 1 aliphatic heterocycles. The normalized spacial score (nSPS) is 35.2. The summed E-state index contributed by atoms with van der Waals surface area (Å²) in [6.07, 6.45) is 6.60. The molecule has 0 unspecified atom stereocenters. The molecule has 0 aromatic heterocycles. The van der Waals surface area contributed by atoms with E-state index in [9.17, 15) is 19.2 Å². The molecule has 7 nitrogen and oxygen atoms in total. The predicted molar refractivity (Wildman–Crippen MR) is 160 cm³/mol. The maximum atomic E-state index is 13.6. The van der Waals surface area contributed by atoms with Gasteiger partial charge >= 0.3 is 5.97 Å². The standard InChI is InChI=1S/C34H55NO6/c1-13-28(3,4)16-18-31(9,27(39)40-12)19-17-29(5,6)32(10)15-14-22-30(7,8)24(37)34(26(35)38)25(41-34)33(22,11)23(32)20-21(2)36/h20,22,25H,13-19H2,1-12H3,(H2,35,38)/b23-20+/t22-,25+,31-,32+,33-,34-/m0/s1. The van der Waals surface area contributed by atoms with E-state index in [1.807, 2.05) is 20.8 Å². The molecule has 2 saturated carbocycles. The van der Waals surface area contributed by atoms with E-state index in [-0.39, 0.29) is 34.3 Å². The van der Waals surface area contributed by atoms with Crippen molar-refractivity contribution in [1.82, 2.24) is 0 Å². The average molecular weight is 574 g/mol. The van der Waals surface area contributed by atoms with Crippen molar-refractivity contribution < 1.29 is 28.7 Å². The fourth-order valence-electron chi connectivity index (χ4n) is 8.34. The minimum atomic E-state index is -1.65. The van der Waals surface area contributed by atoms with E-state index < -0.39 is 39.3 Å². The van der Waals surface area contributed by atoms with Gasteiger partial charge in [0.05, 0.1) is 12.5 Å². The number of Topliss-reactive ketones (excluding diaryl/α,β-unsaturated/α-hetero) is 1. The summed E-state index contributed by atoms with van der Waals surface area (Å²) in [5, 5.41) is 0. The second kappa shape index (κ2) is 10.3. The summed E-state index contributed by atoms with van der Waals surface area (Å²) in [7, 11) is 1.46. The Morgan fingerprint density at radius 1 is 1.02 bits per heavy atom. The van der Waals surface area contributed by atoms with Crippen LogP contribution in [0.4, 0.5) is 0 Å². The van der Waals surface area contributed by atoms with Crippen molar-refractivity contribution in [2.24, 2.45) is 44.1 Å². The van der Waals surface area contributed by atoms with Crippen LogP contribution in [0.2, 0.25) is 0 Å². The summed E-state index contributed by atoms with van der Waals surface area (Å²) in [5.41, 5.74) is 2.20. The number of hydrogen-bond acceptors (Lipinski definition) is 6. The molecule has 41 heavy (non-hydrogen) atoms. The van der Waals surface area contributed by atoms with Gasteiger partial charge in [0.2, 0.25) is 5.60 Å². The van der Waals surface area contributed by atoms with Crippen LogP contribution in [0.1, 0.15) is 121 Å². The van der Waals surface area contributed by atoms with Crippen LogP contribution in [-0.2, 0) is 28.7 Å². The third-order valence-corrected chi connectivity index (χ3v) is 12.3. The third kappa shape index (κ3) is 5.02. The molecule has 1 heterocycles. The molecule has 3 fully saturated rings. The number of amides is 1. The molecule has 6 atom stereocenters. The van der Waals surface area contributed by atoms with Crippen LogP contribution in [0, 0.1) is 38.4 Å². The van der Waals surface area contributed by atoms with E-state index in [2.05, 4.69) is 48.5 Å². The van der Waals surface area contributed by atoms with Gasteiger partial charge in [-0.1, -0.05) is 74.3 Å². The molecule has 232 valence electrons. The van der Waals surface area contributed by atoms with Gasteiger partial charge in [-0.15, -0.1) is 0 Å². The molecule has 7 heteroatoms. The monoisotopic (exact) mass is 573 g/mol. The van der Waals surface area contributed by atoms with Gasteiger partial charge in [-0.25, -0.2) is 0 Å². The van der Waals surface area contributed by atoms with Gasteiger partial charge in [-0.3, -0.25) is 19.2 Å². The second-order valence-corrected chi connectivity index (χ2v) is 16.0. The van der Waals surface area contributed by atoms with Gasteiger partial charge in [0, 0.05) is 10.8 Å². The predicted octanol–water partition coefficient (Wildman–Crippen LogP) is 6.36. The number of ether oxygens (including phenoxy) is 2. The fourth-order valence-corrected chi connectivity index (χ4v) is 8.34. The van der Waals surface area contributed by atoms with Crippen LogP contribution in [0.25, 0.3) is 0 Å². The maximum Gasteiger partial charge on any atom is 0.311 e. The number of nitrogens with two attached hydrogens (primary N) is 1. The lowest BCUT2D eigenvalue weighted by Gasteiger charge is -2.62. The number of carbonyl (C=O) groups is 4. The smallest absolute Gasteiger partial charge is 0.311 e. The van der Waals surface area contributed by atoms with Crippen molar-refractivity contribution in [3.05, 3.63) is 11.6 Å². The van der Waals surface area contributed by atoms with Crippen LogP contribution >= 0.6 is 0 Å². The Balaban J connectivity index is 2.06. The number of fused-ring (bicyclic) bond motifs is 3. The molecule has 2 aliphatic carbocycles. The van der Waals surface area contributed by atoms with Crippen LogP contribution in [0.3, 0.4) is 0 Å². The number of esters is 1. The lowest BCUT2D eigenvalue weighted by Crippen LogP contribution is -2.64. The number of methoxy groups -OCH3 is 1. The summed E-state index contributed by atoms with van der Waals surface area (Å²) in [5.74, 6) is -1.39. The first kappa shape index (κ1) is 33.5. The first-order valence-electron chi connectivity index (χ1n) is 15.4. The van der Waals surface area contributed by atoms with E-state index in [1.165, 1.54) is 7.11 Å². The molecule has 0 aromatic rings. The van der Waals surface area contributed by atoms with Gasteiger partial charge < -0.3 is 15.2 Å². The molecule has 3 aliphatic rings. The van der Waals surface area contributed by atoms with E-state index in [4.69, 9.17) is 15.2 Å². The molecule has 0 bridgehead atoms. The van der Waals surface area contributed by atoms with Crippen molar-refractivity contribution in [2.45, 2.75) is 133 Å². The molecule has 2 N–H and O–H groups in total. The van der Waals surface area contributed by atoms with Crippen molar-refractivity contribution in [2.75, 3.05) is 7.11 Å². The minimum Gasteiger partial charge on any atom is -0.469 e. The first-order chi connectivity index (χ1) is 18.5. The molecule has 0 aromatic carbocycles. The van der Waals surface area contributed by atoms with Crippen molar-refractivity contribution >= 4 is 23.4 Å². The Kier molecular flexibility index (Phi) is 8.42. The zero-order valence-corrected chi connectivity index (χ0v) is 27.7. The molecular formula is C34H55NO6. The lowest BCUT2D eigenvalue weighted by molar-refractivity contribution is -0.153. The molecule has 3 rings (SSSR count). The number of epoxide rings is 1. The van der Waals surface area contributed by atoms with E-state index in [0.29, 0.717) is 6.42 Å². The van der Waals surface area contributed by atoms with Gasteiger partial charge in [-0.05, 0) is 80.6 Å². The Hall–Kier alpha value is -2.02. The molecule has 1 amide bonds. The van der Waals surface area contributed by atoms with Gasteiger partial charge in [0.1, 0.15) is 6.10 Å². The number of allylic oxidation sites excluding steroid dienone is 1. The first-order valence-corrected chi connectivity index (χ1v) is 15.4. The minimum absolute atomic E-state index is 0.0786. The quantitative estimate of drug-likeness (QED) is 0.133. The average Bonchev–Trinajstić information content (AvgIpc) is 3.65. The SMILES string of the molecule is CCC(C)(C)CC[C@@](C)(CCC(C)(C)[C@]1(C)CC[C@H]2C(C)(C)C(=O)[C@]3(C(N)=O)O[C@@H]3[C@]2(C)/C1=C/C(C)=O)C(=O)OC. The summed E-state index contributed by atoms with van der Waals surface area (Å²) in [6, 6.07) is 0. The molecule has 1 saturated heterocycles. The topological polar surface area (TPSA) is 116 Å². The van der Waals surface area contributed by atoms with Crippen LogP contribution in [0.15, 0.2) is 11.6 Å². The maximum absolute atomic E-state index is 13.6. The molecular weight excluding hydrogens is 518 g/mol. The number of carbonyl (C=O) groups excluding carboxylic acids is 4. The molecule has 0 spiro atoms. The summed E-state index contributed by atoms with van der Waals surface area (Å²) in [6.45, 7) is 22.7. The fraction of sp³-hybridized carbons (Fsp3) is 0.824. The third-order valence-electron chi connectivity index (χ3n) is 12.3. The number of rotatable bonds is 11. The zero-order valence-electron chi connectivity index (χ0n) is 27.7. The van der Waals surface area contributed by atoms with Crippen LogP contribution in [0.5, 0.6) is 0 Å². The Morgan fingerprint density at radius 2 is 1.59 bits per heavy atom. The van der Waals surface area contributed by atoms with Crippen LogP contribution < -0.4 is 5.73 Å². The Morgan fingerprint density at radius 3 is 2.07 bits per heavy atom. The zero-order chi connectivity index (χ0) is 31.6. The summed E-state index contributed by atoms with van der Waals surface area (Å²) < 4.78 is 11.4. The Labute approximate surface area is 247 Å². The highest BCUT2D eigenvalue weighted by atomic mass is 16.6. The van der Waals surface area contributed by atoms with Crippen molar-refractivity contribution in [3.8, 4) is 0 Å². The largest absolute Gasteiger partial charge is 0.469 e. The molecule has 0 radical (unpaired) electrons. The number of hydrogen-bond donors (Lipinski definition) is 1. The van der Waals surface area contributed by atoms with Gasteiger partial charge in [-0.2, -0.15) is 0 Å². The van der Waals surface area contributed by atoms with Gasteiger partial charge in [0.15, 0.2) is 11.6 Å². The highest BCUT2D eigenvalue weighted by molar-refractivity contribution is 6.15. The van der Waals surface area contributed by atoms with Gasteiger partial charge in [0.25, 0.3) is 5.91 Å².